The third kappa shape index (κ3) is 14.8. The maximum absolute atomic E-state index is 12.0. The Labute approximate surface area is 146 Å². The van der Waals surface area contributed by atoms with Gasteiger partial charge in [0.05, 0.1) is 26.4 Å². The van der Waals surface area contributed by atoms with Crippen LogP contribution in [0.25, 0.3) is 0 Å². The second-order valence-electron chi connectivity index (χ2n) is 5.86. The van der Waals surface area contributed by atoms with E-state index in [0.717, 1.165) is 12.8 Å². The molecule has 0 aliphatic heterocycles. The van der Waals surface area contributed by atoms with Gasteiger partial charge in [-0.3, -0.25) is 9.59 Å². The minimum atomic E-state index is -0.0640. The van der Waals surface area contributed by atoms with E-state index in [1.54, 1.807) is 14.2 Å². The summed E-state index contributed by atoms with van der Waals surface area (Å²) in [7, 11) is 3.26. The zero-order valence-electron chi connectivity index (χ0n) is 15.5. The molecule has 0 bridgehead atoms. The molecule has 0 unspecified atom stereocenters. The largest absolute Gasteiger partial charge is 0.382 e. The summed E-state index contributed by atoms with van der Waals surface area (Å²) in [6.07, 6.45) is 3.57. The molecule has 0 saturated carbocycles. The second kappa shape index (κ2) is 17.0. The number of hydrogen-bond acceptors (Lipinski definition) is 6. The van der Waals surface area contributed by atoms with Crippen LogP contribution in [0.5, 0.6) is 0 Å². The first kappa shape index (κ1) is 23.2. The summed E-state index contributed by atoms with van der Waals surface area (Å²) in [4.78, 5) is 23.8. The second-order valence-corrected chi connectivity index (χ2v) is 5.86. The van der Waals surface area contributed by atoms with Crippen molar-refractivity contribution in [3.63, 3.8) is 0 Å². The van der Waals surface area contributed by atoms with E-state index in [0.29, 0.717) is 65.3 Å². The molecule has 0 aliphatic carbocycles. The molecule has 6 nitrogen and oxygen atoms in total. The molecule has 0 spiro atoms. The quantitative estimate of drug-likeness (QED) is 0.355. The summed E-state index contributed by atoms with van der Waals surface area (Å²) in [5.74, 6) is 0.347. The highest BCUT2D eigenvalue weighted by molar-refractivity contribution is 5.82. The molecule has 1 atom stereocenters. The molecule has 0 heterocycles. The van der Waals surface area contributed by atoms with Gasteiger partial charge in [-0.2, -0.15) is 0 Å². The highest BCUT2D eigenvalue weighted by Crippen LogP contribution is 2.12. The Balaban J connectivity index is 3.55. The fourth-order valence-electron chi connectivity index (χ4n) is 2.12. The molecule has 0 rings (SSSR count). The minimum Gasteiger partial charge on any atom is -0.382 e. The maximum atomic E-state index is 12.0. The molecule has 0 aromatic rings. The minimum absolute atomic E-state index is 0.0640. The number of Topliss-reactive ketones (excluding diaryl/α,β-unsaturated/α-hetero) is 2. The summed E-state index contributed by atoms with van der Waals surface area (Å²) in [5.41, 5.74) is 0. The molecule has 0 aromatic carbocycles. The lowest BCUT2D eigenvalue weighted by Crippen LogP contribution is -2.14. The maximum Gasteiger partial charge on any atom is 0.135 e. The number of carbonyl (C=O) groups excluding carboxylic acids is 2. The van der Waals surface area contributed by atoms with Gasteiger partial charge in [-0.05, 0) is 19.3 Å². The Kier molecular flexibility index (Phi) is 16.4. The van der Waals surface area contributed by atoms with Crippen molar-refractivity contribution in [2.24, 2.45) is 5.92 Å². The number of ketones is 2. The Morgan fingerprint density at radius 2 is 1.29 bits per heavy atom. The molecule has 0 aliphatic rings. The van der Waals surface area contributed by atoms with Crippen molar-refractivity contribution in [1.82, 2.24) is 0 Å². The fraction of sp³-hybridized carbons (Fsp3) is 0.889. The lowest BCUT2D eigenvalue weighted by atomic mass is 9.95. The van der Waals surface area contributed by atoms with Crippen LogP contribution in [0.4, 0.5) is 0 Å². The molecule has 0 radical (unpaired) electrons. The number of hydrogen-bond donors (Lipinski definition) is 0. The van der Waals surface area contributed by atoms with Gasteiger partial charge >= 0.3 is 0 Å². The van der Waals surface area contributed by atoms with Crippen molar-refractivity contribution in [1.29, 1.82) is 0 Å². The van der Waals surface area contributed by atoms with E-state index in [9.17, 15) is 9.59 Å². The fourth-order valence-corrected chi connectivity index (χ4v) is 2.12. The van der Waals surface area contributed by atoms with Gasteiger partial charge in [0.2, 0.25) is 0 Å². The van der Waals surface area contributed by atoms with Crippen LogP contribution >= 0.6 is 0 Å². The smallest absolute Gasteiger partial charge is 0.135 e. The van der Waals surface area contributed by atoms with E-state index >= 15 is 0 Å². The van der Waals surface area contributed by atoms with Gasteiger partial charge in [0.25, 0.3) is 0 Å². The van der Waals surface area contributed by atoms with E-state index in [-0.39, 0.29) is 17.5 Å². The molecule has 0 amide bonds. The zero-order chi connectivity index (χ0) is 18.0. The Morgan fingerprint density at radius 1 is 0.750 bits per heavy atom. The van der Waals surface area contributed by atoms with Crippen LogP contribution in [0.1, 0.15) is 45.4 Å². The Hall–Kier alpha value is -0.820. The van der Waals surface area contributed by atoms with Gasteiger partial charge in [-0.25, -0.2) is 0 Å². The van der Waals surface area contributed by atoms with Crippen LogP contribution in [-0.4, -0.2) is 65.4 Å². The van der Waals surface area contributed by atoms with E-state index in [1.807, 2.05) is 6.92 Å². The van der Waals surface area contributed by atoms with Crippen molar-refractivity contribution < 1.29 is 28.5 Å². The highest BCUT2D eigenvalue weighted by Gasteiger charge is 2.14. The van der Waals surface area contributed by atoms with Crippen molar-refractivity contribution in [2.75, 3.05) is 53.9 Å². The van der Waals surface area contributed by atoms with Crippen molar-refractivity contribution >= 4 is 11.6 Å². The van der Waals surface area contributed by atoms with E-state index < -0.39 is 0 Å². The van der Waals surface area contributed by atoms with Gasteiger partial charge in [0.15, 0.2) is 0 Å². The summed E-state index contributed by atoms with van der Waals surface area (Å²) in [6.45, 7) is 5.32. The zero-order valence-corrected chi connectivity index (χ0v) is 15.5. The standard InChI is InChI=1S/C18H34O6/c1-16(18(20)7-5-11-24-15-13-22-3)8-9-17(19)6-4-10-23-14-12-21-2/h16H,4-15H2,1-3H3/t16-/m0/s1. The van der Waals surface area contributed by atoms with Gasteiger partial charge in [-0.15, -0.1) is 0 Å². The number of carbonyl (C=O) groups is 2. The first-order valence-electron chi connectivity index (χ1n) is 8.79. The van der Waals surface area contributed by atoms with Crippen LogP contribution in [0.15, 0.2) is 0 Å². The predicted molar refractivity (Wildman–Crippen MR) is 92.3 cm³/mol. The van der Waals surface area contributed by atoms with Crippen molar-refractivity contribution in [2.45, 2.75) is 45.4 Å². The van der Waals surface area contributed by atoms with Gasteiger partial charge < -0.3 is 18.9 Å². The molecule has 0 saturated heterocycles. The monoisotopic (exact) mass is 346 g/mol. The topological polar surface area (TPSA) is 71.1 Å². The summed E-state index contributed by atoms with van der Waals surface area (Å²) >= 11 is 0. The molecule has 6 heteroatoms. The summed E-state index contributed by atoms with van der Waals surface area (Å²) in [6, 6.07) is 0. The molecule has 0 aromatic heterocycles. The normalized spacial score (nSPS) is 12.3. The Morgan fingerprint density at radius 3 is 1.83 bits per heavy atom. The number of methoxy groups -OCH3 is 2. The number of rotatable bonds is 18. The number of ether oxygens (including phenoxy) is 4. The van der Waals surface area contributed by atoms with Crippen molar-refractivity contribution in [3.05, 3.63) is 0 Å². The first-order chi connectivity index (χ1) is 11.6. The molecular weight excluding hydrogens is 312 g/mol. The molecule has 24 heavy (non-hydrogen) atoms. The van der Waals surface area contributed by atoms with Gasteiger partial charge in [-0.1, -0.05) is 6.92 Å². The third-order valence-electron chi connectivity index (χ3n) is 3.73. The first-order valence-corrected chi connectivity index (χ1v) is 8.79. The predicted octanol–water partition coefficient (Wildman–Crippen LogP) is 2.43. The molecule has 0 N–H and O–H groups in total. The molecule has 0 fully saturated rings. The lowest BCUT2D eigenvalue weighted by Gasteiger charge is -2.10. The van der Waals surface area contributed by atoms with Crippen LogP contribution in [0, 0.1) is 5.92 Å². The Bertz CT molecular complexity index is 319. The van der Waals surface area contributed by atoms with E-state index in [2.05, 4.69) is 0 Å². The van der Waals surface area contributed by atoms with Crippen LogP contribution in [-0.2, 0) is 28.5 Å². The van der Waals surface area contributed by atoms with Crippen LogP contribution in [0.3, 0.4) is 0 Å². The third-order valence-corrected chi connectivity index (χ3v) is 3.73. The summed E-state index contributed by atoms with van der Waals surface area (Å²) < 4.78 is 20.4. The average molecular weight is 346 g/mol. The van der Waals surface area contributed by atoms with Gasteiger partial charge in [0, 0.05) is 52.6 Å². The van der Waals surface area contributed by atoms with Crippen LogP contribution < -0.4 is 0 Å². The SMILES string of the molecule is COCCOCCCC(=O)CC[C@H](C)C(=O)CCCOCCOC. The summed E-state index contributed by atoms with van der Waals surface area (Å²) in [5, 5.41) is 0. The molecule has 142 valence electrons. The van der Waals surface area contributed by atoms with Crippen molar-refractivity contribution in [3.8, 4) is 0 Å². The highest BCUT2D eigenvalue weighted by atomic mass is 16.5. The van der Waals surface area contributed by atoms with Crippen LogP contribution in [0.2, 0.25) is 0 Å². The average Bonchev–Trinajstić information content (AvgIpc) is 2.58. The molecular formula is C18H34O6. The lowest BCUT2D eigenvalue weighted by molar-refractivity contribution is -0.123. The van der Waals surface area contributed by atoms with E-state index in [4.69, 9.17) is 18.9 Å². The van der Waals surface area contributed by atoms with Gasteiger partial charge in [0.1, 0.15) is 11.6 Å². The van der Waals surface area contributed by atoms with E-state index in [1.165, 1.54) is 0 Å².